The summed E-state index contributed by atoms with van der Waals surface area (Å²) < 4.78 is 5.66. The summed E-state index contributed by atoms with van der Waals surface area (Å²) in [7, 11) is 0. The SMILES string of the molecule is CCCCCCCCOCCCNC1CCCC1. The van der Waals surface area contributed by atoms with Gasteiger partial charge in [-0.25, -0.2) is 0 Å². The molecular weight excluding hydrogens is 222 g/mol. The van der Waals surface area contributed by atoms with Crippen molar-refractivity contribution >= 4 is 0 Å². The Hall–Kier alpha value is -0.0800. The highest BCUT2D eigenvalue weighted by molar-refractivity contribution is 4.72. The molecule has 0 radical (unpaired) electrons. The molecule has 2 heteroatoms. The molecule has 108 valence electrons. The summed E-state index contributed by atoms with van der Waals surface area (Å²) in [5.74, 6) is 0. The topological polar surface area (TPSA) is 21.3 Å². The highest BCUT2D eigenvalue weighted by atomic mass is 16.5. The van der Waals surface area contributed by atoms with Crippen molar-refractivity contribution in [1.29, 1.82) is 0 Å². The van der Waals surface area contributed by atoms with Crippen molar-refractivity contribution in [2.45, 2.75) is 83.6 Å². The lowest BCUT2D eigenvalue weighted by molar-refractivity contribution is 0.127. The average molecular weight is 255 g/mol. The van der Waals surface area contributed by atoms with Crippen molar-refractivity contribution in [1.82, 2.24) is 5.32 Å². The van der Waals surface area contributed by atoms with Gasteiger partial charge in [0, 0.05) is 19.3 Å². The Kier molecular flexibility index (Phi) is 10.6. The van der Waals surface area contributed by atoms with Gasteiger partial charge in [-0.15, -0.1) is 0 Å². The lowest BCUT2D eigenvalue weighted by Crippen LogP contribution is -2.27. The van der Waals surface area contributed by atoms with Crippen LogP contribution in [0.4, 0.5) is 0 Å². The van der Waals surface area contributed by atoms with Crippen molar-refractivity contribution in [2.75, 3.05) is 19.8 Å². The van der Waals surface area contributed by atoms with Crippen LogP contribution in [0.15, 0.2) is 0 Å². The van der Waals surface area contributed by atoms with Crippen LogP contribution in [0.2, 0.25) is 0 Å². The Bertz CT molecular complexity index is 166. The molecule has 0 atom stereocenters. The smallest absolute Gasteiger partial charge is 0.0478 e. The van der Waals surface area contributed by atoms with Gasteiger partial charge in [0.25, 0.3) is 0 Å². The first-order valence-corrected chi connectivity index (χ1v) is 8.24. The van der Waals surface area contributed by atoms with Crippen LogP contribution in [0, 0.1) is 0 Å². The minimum atomic E-state index is 0.809. The summed E-state index contributed by atoms with van der Waals surface area (Å²) in [6.45, 7) is 5.31. The number of nitrogens with one attached hydrogen (secondary N) is 1. The molecule has 18 heavy (non-hydrogen) atoms. The van der Waals surface area contributed by atoms with Gasteiger partial charge in [-0.3, -0.25) is 0 Å². The van der Waals surface area contributed by atoms with Crippen LogP contribution in [0.3, 0.4) is 0 Å². The third-order valence-electron chi connectivity index (χ3n) is 3.90. The first-order valence-electron chi connectivity index (χ1n) is 8.24. The van der Waals surface area contributed by atoms with Gasteiger partial charge in [0.2, 0.25) is 0 Å². The van der Waals surface area contributed by atoms with Crippen LogP contribution in [0.25, 0.3) is 0 Å². The van der Waals surface area contributed by atoms with Crippen molar-refractivity contribution in [3.63, 3.8) is 0 Å². The molecule has 2 nitrogen and oxygen atoms in total. The lowest BCUT2D eigenvalue weighted by Gasteiger charge is -2.11. The van der Waals surface area contributed by atoms with Gasteiger partial charge in [0.15, 0.2) is 0 Å². The van der Waals surface area contributed by atoms with E-state index in [1.807, 2.05) is 0 Å². The predicted molar refractivity (Wildman–Crippen MR) is 79.1 cm³/mol. The molecule has 0 aromatic carbocycles. The fourth-order valence-corrected chi connectivity index (χ4v) is 2.70. The normalized spacial score (nSPS) is 16.5. The van der Waals surface area contributed by atoms with E-state index in [-0.39, 0.29) is 0 Å². The molecule has 1 rings (SSSR count). The monoisotopic (exact) mass is 255 g/mol. The maximum Gasteiger partial charge on any atom is 0.0478 e. The Balaban J connectivity index is 1.68. The van der Waals surface area contributed by atoms with Gasteiger partial charge in [0.05, 0.1) is 0 Å². The predicted octanol–water partition coefficient (Wildman–Crippen LogP) is 4.29. The minimum Gasteiger partial charge on any atom is -0.381 e. The number of ether oxygens (including phenoxy) is 1. The molecule has 1 aliphatic rings. The van der Waals surface area contributed by atoms with Crippen LogP contribution in [0.1, 0.15) is 77.6 Å². The zero-order valence-corrected chi connectivity index (χ0v) is 12.4. The van der Waals surface area contributed by atoms with E-state index in [0.717, 1.165) is 25.8 Å². The minimum absolute atomic E-state index is 0.809. The summed E-state index contributed by atoms with van der Waals surface area (Å²) in [5.41, 5.74) is 0. The van der Waals surface area contributed by atoms with E-state index in [4.69, 9.17) is 4.74 Å². The van der Waals surface area contributed by atoms with Gasteiger partial charge in [0.1, 0.15) is 0 Å². The molecule has 1 N–H and O–H groups in total. The molecule has 1 aliphatic carbocycles. The van der Waals surface area contributed by atoms with E-state index in [1.54, 1.807) is 0 Å². The van der Waals surface area contributed by atoms with E-state index in [9.17, 15) is 0 Å². The van der Waals surface area contributed by atoms with Crippen molar-refractivity contribution in [2.24, 2.45) is 0 Å². The van der Waals surface area contributed by atoms with E-state index in [1.165, 1.54) is 70.6 Å². The number of unbranched alkanes of at least 4 members (excludes halogenated alkanes) is 5. The molecule has 0 amide bonds. The largest absolute Gasteiger partial charge is 0.381 e. The third-order valence-corrected chi connectivity index (χ3v) is 3.90. The third kappa shape index (κ3) is 8.93. The lowest BCUT2D eigenvalue weighted by atomic mass is 10.1. The van der Waals surface area contributed by atoms with E-state index < -0.39 is 0 Å². The fourth-order valence-electron chi connectivity index (χ4n) is 2.70. The summed E-state index contributed by atoms with van der Waals surface area (Å²) >= 11 is 0. The quantitative estimate of drug-likeness (QED) is 0.525. The van der Waals surface area contributed by atoms with E-state index >= 15 is 0 Å². The Morgan fingerprint density at radius 1 is 0.889 bits per heavy atom. The first kappa shape index (κ1) is 16.0. The molecule has 0 spiro atoms. The highest BCUT2D eigenvalue weighted by Crippen LogP contribution is 2.17. The number of hydrogen-bond donors (Lipinski definition) is 1. The maximum absolute atomic E-state index is 5.66. The second-order valence-corrected chi connectivity index (χ2v) is 5.67. The Morgan fingerprint density at radius 3 is 2.33 bits per heavy atom. The van der Waals surface area contributed by atoms with Gasteiger partial charge < -0.3 is 10.1 Å². The zero-order chi connectivity index (χ0) is 12.9. The number of rotatable bonds is 12. The van der Waals surface area contributed by atoms with Gasteiger partial charge in [-0.2, -0.15) is 0 Å². The van der Waals surface area contributed by atoms with Crippen molar-refractivity contribution in [3.8, 4) is 0 Å². The Morgan fingerprint density at radius 2 is 1.56 bits per heavy atom. The van der Waals surface area contributed by atoms with Gasteiger partial charge >= 0.3 is 0 Å². The summed E-state index contributed by atoms with van der Waals surface area (Å²) in [6.07, 6.45) is 14.9. The van der Waals surface area contributed by atoms with Crippen LogP contribution in [0.5, 0.6) is 0 Å². The molecule has 0 aliphatic heterocycles. The van der Waals surface area contributed by atoms with Crippen LogP contribution in [-0.2, 0) is 4.74 Å². The average Bonchev–Trinajstić information content (AvgIpc) is 2.89. The number of hydrogen-bond acceptors (Lipinski definition) is 2. The van der Waals surface area contributed by atoms with E-state index in [2.05, 4.69) is 12.2 Å². The molecule has 1 fully saturated rings. The summed E-state index contributed by atoms with van der Waals surface area (Å²) in [4.78, 5) is 0. The van der Waals surface area contributed by atoms with E-state index in [0.29, 0.717) is 0 Å². The molecule has 0 aromatic rings. The van der Waals surface area contributed by atoms with Crippen LogP contribution in [-0.4, -0.2) is 25.8 Å². The molecular formula is C16H33NO. The highest BCUT2D eigenvalue weighted by Gasteiger charge is 2.12. The van der Waals surface area contributed by atoms with Crippen LogP contribution < -0.4 is 5.32 Å². The maximum atomic E-state index is 5.66. The zero-order valence-electron chi connectivity index (χ0n) is 12.4. The molecule has 0 unspecified atom stereocenters. The summed E-state index contributed by atoms with van der Waals surface area (Å²) in [5, 5.41) is 3.63. The first-order chi connectivity index (χ1) is 8.93. The molecule has 0 bridgehead atoms. The fraction of sp³-hybridized carbons (Fsp3) is 1.00. The molecule has 0 saturated heterocycles. The standard InChI is InChI=1S/C16H33NO/c1-2-3-4-5-6-9-14-18-15-10-13-17-16-11-7-8-12-16/h16-17H,2-15H2,1H3. The van der Waals surface area contributed by atoms with Crippen LogP contribution >= 0.6 is 0 Å². The van der Waals surface area contributed by atoms with Gasteiger partial charge in [-0.1, -0.05) is 51.9 Å². The molecule has 0 aromatic heterocycles. The molecule has 1 saturated carbocycles. The second-order valence-electron chi connectivity index (χ2n) is 5.67. The van der Waals surface area contributed by atoms with Crippen molar-refractivity contribution in [3.05, 3.63) is 0 Å². The summed E-state index contributed by atoms with van der Waals surface area (Å²) in [6, 6.07) is 0.809. The van der Waals surface area contributed by atoms with Gasteiger partial charge in [-0.05, 0) is 32.2 Å². The van der Waals surface area contributed by atoms with Crippen molar-refractivity contribution < 1.29 is 4.74 Å². The Labute approximate surface area is 114 Å². The second kappa shape index (κ2) is 12.0. The molecule has 0 heterocycles.